The lowest BCUT2D eigenvalue weighted by Gasteiger charge is -2.56. The number of nitrogens with zero attached hydrogens (tertiary/aromatic N) is 1. The van der Waals surface area contributed by atoms with Crippen LogP contribution in [0.25, 0.3) is 0 Å². The van der Waals surface area contributed by atoms with Crippen molar-refractivity contribution in [3.63, 3.8) is 0 Å². The van der Waals surface area contributed by atoms with E-state index in [0.717, 1.165) is 0 Å². The van der Waals surface area contributed by atoms with Crippen LogP contribution in [-0.4, -0.2) is 51.6 Å². The molecule has 150 valence electrons. The Morgan fingerprint density at radius 1 is 1.33 bits per heavy atom. The molecule has 2 amide bonds. The molecule has 1 aliphatic carbocycles. The number of urea groups is 1. The van der Waals surface area contributed by atoms with Crippen molar-refractivity contribution in [3.8, 4) is 0 Å². The largest absolute Gasteiger partial charge is 0.380 e. The summed E-state index contributed by atoms with van der Waals surface area (Å²) in [4.78, 5) is 12.5. The molecule has 0 aliphatic heterocycles. The van der Waals surface area contributed by atoms with Gasteiger partial charge in [0.05, 0.1) is 11.0 Å². The van der Waals surface area contributed by atoms with Gasteiger partial charge in [0.1, 0.15) is 0 Å². The predicted octanol–water partition coefficient (Wildman–Crippen LogP) is 2.67. The van der Waals surface area contributed by atoms with Crippen molar-refractivity contribution < 1.29 is 17.9 Å². The van der Waals surface area contributed by atoms with Crippen molar-refractivity contribution in [1.29, 1.82) is 0 Å². The van der Waals surface area contributed by atoms with Crippen molar-refractivity contribution in [2.45, 2.75) is 37.8 Å². The van der Waals surface area contributed by atoms with Gasteiger partial charge in [-0.2, -0.15) is 4.31 Å². The van der Waals surface area contributed by atoms with E-state index in [9.17, 15) is 13.2 Å². The van der Waals surface area contributed by atoms with E-state index in [1.54, 1.807) is 19.2 Å². The molecule has 0 spiro atoms. The molecule has 7 nitrogen and oxygen atoms in total. The van der Waals surface area contributed by atoms with E-state index in [0.29, 0.717) is 5.69 Å². The van der Waals surface area contributed by atoms with Crippen LogP contribution in [0.5, 0.6) is 0 Å². The molecule has 1 aromatic carbocycles. The smallest absolute Gasteiger partial charge is 0.319 e. The highest BCUT2D eigenvalue weighted by molar-refractivity contribution is 7.89. The van der Waals surface area contributed by atoms with Crippen molar-refractivity contribution in [1.82, 2.24) is 9.62 Å². The van der Waals surface area contributed by atoms with Crippen molar-refractivity contribution >= 4 is 21.7 Å². The number of rotatable bonds is 7. The third-order valence-electron chi connectivity index (χ3n) is 5.29. The third-order valence-corrected chi connectivity index (χ3v) is 7.12. The lowest BCUT2D eigenvalue weighted by molar-refractivity contribution is -0.140. The summed E-state index contributed by atoms with van der Waals surface area (Å²) in [7, 11) is -0.399. The van der Waals surface area contributed by atoms with Crippen molar-refractivity contribution in [2.75, 3.05) is 26.0 Å². The van der Waals surface area contributed by atoms with Gasteiger partial charge in [0.25, 0.3) is 0 Å². The highest BCUT2D eigenvalue weighted by atomic mass is 32.2. The van der Waals surface area contributed by atoms with Crippen molar-refractivity contribution in [3.05, 3.63) is 36.9 Å². The fraction of sp³-hybridized carbons (Fsp3) is 0.526. The minimum atomic E-state index is -3.57. The topological polar surface area (TPSA) is 87.7 Å². The van der Waals surface area contributed by atoms with Gasteiger partial charge in [0.2, 0.25) is 10.0 Å². The van der Waals surface area contributed by atoms with Gasteiger partial charge in [-0.15, -0.1) is 6.58 Å². The molecule has 0 heterocycles. The highest BCUT2D eigenvalue weighted by Gasteiger charge is 2.55. The van der Waals surface area contributed by atoms with E-state index in [1.165, 1.54) is 29.6 Å². The molecule has 8 heteroatoms. The van der Waals surface area contributed by atoms with Crippen LogP contribution in [0.3, 0.4) is 0 Å². The Kier molecular flexibility index (Phi) is 6.34. The summed E-state index contributed by atoms with van der Waals surface area (Å²) in [6, 6.07) is 5.76. The summed E-state index contributed by atoms with van der Waals surface area (Å²) >= 11 is 0. The number of likely N-dealkylation sites (N-methyl/N-ethyl adjacent to an activating group) is 1. The second kappa shape index (κ2) is 8.00. The normalized spacial score (nSPS) is 24.1. The fourth-order valence-electron chi connectivity index (χ4n) is 3.90. The number of benzene rings is 1. The van der Waals surface area contributed by atoms with Crippen LogP contribution in [0.2, 0.25) is 0 Å². The van der Waals surface area contributed by atoms with Crippen LogP contribution in [0.1, 0.15) is 20.8 Å². The van der Waals surface area contributed by atoms with E-state index in [1.807, 2.05) is 6.92 Å². The zero-order valence-electron chi connectivity index (χ0n) is 16.5. The Balaban J connectivity index is 2.01. The van der Waals surface area contributed by atoms with Gasteiger partial charge in [-0.05, 0) is 24.3 Å². The zero-order chi connectivity index (χ0) is 20.4. The maximum absolute atomic E-state index is 12.4. The summed E-state index contributed by atoms with van der Waals surface area (Å²) in [6.45, 7) is 9.94. The van der Waals surface area contributed by atoms with Crippen molar-refractivity contribution in [2.24, 2.45) is 11.3 Å². The Morgan fingerprint density at radius 3 is 2.41 bits per heavy atom. The van der Waals surface area contributed by atoms with E-state index >= 15 is 0 Å². The van der Waals surface area contributed by atoms with Crippen LogP contribution in [-0.2, 0) is 14.8 Å². The summed E-state index contributed by atoms with van der Waals surface area (Å²) in [5, 5.41) is 5.73. The second-order valence-electron chi connectivity index (χ2n) is 7.51. The van der Waals surface area contributed by atoms with Gasteiger partial charge in [-0.1, -0.05) is 26.8 Å². The van der Waals surface area contributed by atoms with Crippen LogP contribution < -0.4 is 10.6 Å². The van der Waals surface area contributed by atoms with Gasteiger partial charge < -0.3 is 15.4 Å². The van der Waals surface area contributed by atoms with Gasteiger partial charge in [0, 0.05) is 43.8 Å². The van der Waals surface area contributed by atoms with Crippen LogP contribution in [0.4, 0.5) is 10.5 Å². The Morgan fingerprint density at radius 2 is 1.93 bits per heavy atom. The van der Waals surface area contributed by atoms with Crippen LogP contribution in [0.15, 0.2) is 41.8 Å². The molecule has 1 fully saturated rings. The second-order valence-corrected chi connectivity index (χ2v) is 9.56. The third kappa shape index (κ3) is 4.17. The van der Waals surface area contributed by atoms with Gasteiger partial charge >= 0.3 is 6.03 Å². The summed E-state index contributed by atoms with van der Waals surface area (Å²) in [6.07, 6.45) is 1.62. The molecule has 1 aliphatic rings. The molecule has 27 heavy (non-hydrogen) atoms. The van der Waals surface area contributed by atoms with Gasteiger partial charge in [-0.3, -0.25) is 0 Å². The van der Waals surface area contributed by atoms with E-state index in [-0.39, 0.29) is 41.0 Å². The molecule has 3 atom stereocenters. The highest BCUT2D eigenvalue weighted by Crippen LogP contribution is 2.46. The van der Waals surface area contributed by atoms with E-state index in [2.05, 4.69) is 31.1 Å². The Labute approximate surface area is 161 Å². The zero-order valence-corrected chi connectivity index (χ0v) is 17.3. The fourth-order valence-corrected chi connectivity index (χ4v) is 5.04. The number of hydrogen-bond acceptors (Lipinski definition) is 4. The first-order valence-corrected chi connectivity index (χ1v) is 10.3. The maximum atomic E-state index is 12.4. The SMILES string of the molecule is C=CCN(C)S(=O)(=O)c1ccc(NC(=O)N[C@@H]2[C@H](C)[C@@H](OC)C2(C)C)cc1. The summed E-state index contributed by atoms with van der Waals surface area (Å²) in [5.74, 6) is 0.212. The van der Waals surface area contributed by atoms with Crippen LogP contribution in [0, 0.1) is 11.3 Å². The Bertz CT molecular complexity index is 790. The first-order valence-electron chi connectivity index (χ1n) is 8.83. The number of nitrogens with one attached hydrogen (secondary N) is 2. The molecule has 0 saturated heterocycles. The minimum Gasteiger partial charge on any atom is -0.380 e. The number of sulfonamides is 1. The molecule has 0 unspecified atom stereocenters. The van der Waals surface area contributed by atoms with Gasteiger partial charge in [-0.25, -0.2) is 13.2 Å². The molecular weight excluding hydrogens is 366 g/mol. The summed E-state index contributed by atoms with van der Waals surface area (Å²) in [5.41, 5.74) is 0.366. The predicted molar refractivity (Wildman–Crippen MR) is 106 cm³/mol. The number of anilines is 1. The standard InChI is InChI=1S/C19H29N3O4S/c1-7-12-22(5)27(24,25)15-10-8-14(9-11-15)20-18(23)21-16-13(2)17(26-6)19(16,3)4/h7-11,13,16-17H,1,12H2,2-6H3,(H2,20,21,23)/t13-,16+,17+/m0/s1. The lowest BCUT2D eigenvalue weighted by atomic mass is 9.58. The summed E-state index contributed by atoms with van der Waals surface area (Å²) < 4.78 is 31.5. The molecule has 0 aromatic heterocycles. The van der Waals surface area contributed by atoms with E-state index < -0.39 is 10.0 Å². The molecule has 2 rings (SSSR count). The first kappa shape index (κ1) is 21.4. The number of carbonyl (C=O) groups excluding carboxylic acids is 1. The molecule has 1 aromatic rings. The Hall–Kier alpha value is -1.90. The lowest BCUT2D eigenvalue weighted by Crippen LogP contribution is -2.68. The number of ether oxygens (including phenoxy) is 1. The van der Waals surface area contributed by atoms with E-state index in [4.69, 9.17) is 4.74 Å². The average molecular weight is 396 g/mol. The number of methoxy groups -OCH3 is 1. The molecular formula is C19H29N3O4S. The molecule has 2 N–H and O–H groups in total. The average Bonchev–Trinajstić information content (AvgIpc) is 2.60. The van der Waals surface area contributed by atoms with Gasteiger partial charge in [0.15, 0.2) is 0 Å². The quantitative estimate of drug-likeness (QED) is 0.695. The number of hydrogen-bond donors (Lipinski definition) is 2. The first-order chi connectivity index (χ1) is 12.6. The number of carbonyl (C=O) groups is 1. The monoisotopic (exact) mass is 395 g/mol. The number of amides is 2. The minimum absolute atomic E-state index is 0.00495. The molecule has 0 radical (unpaired) electrons. The van der Waals surface area contributed by atoms with Crippen LogP contribution >= 0.6 is 0 Å². The molecule has 1 saturated carbocycles. The molecule has 0 bridgehead atoms. The maximum Gasteiger partial charge on any atom is 0.319 e.